The number of rotatable bonds is 5. The van der Waals surface area contributed by atoms with Crippen molar-refractivity contribution in [1.29, 1.82) is 5.41 Å². The molecule has 4 rings (SSSR count). The van der Waals surface area contributed by atoms with Gasteiger partial charge in [0.05, 0.1) is 14.4 Å². The summed E-state index contributed by atoms with van der Waals surface area (Å²) in [5.41, 5.74) is 1.95. The Balaban J connectivity index is 1.48. The van der Waals surface area contributed by atoms with Gasteiger partial charge >= 0.3 is 0 Å². The van der Waals surface area contributed by atoms with Gasteiger partial charge in [-0.3, -0.25) is 10.2 Å². The first kappa shape index (κ1) is 20.5. The molecule has 0 aliphatic carbocycles. The molecule has 0 amide bonds. The number of nitrogens with one attached hydrogen (secondary N) is 1. The van der Waals surface area contributed by atoms with Gasteiger partial charge in [0.15, 0.2) is 5.78 Å². The molecule has 1 saturated heterocycles. The van der Waals surface area contributed by atoms with E-state index in [0.29, 0.717) is 21.6 Å². The molecule has 146 valence electrons. The number of ether oxygens (including phenoxy) is 1. The number of halogens is 2. The van der Waals surface area contributed by atoms with E-state index in [1.165, 1.54) is 23.1 Å². The molecular formula is C21H14Br2N2O2S2. The predicted molar refractivity (Wildman–Crippen MR) is 126 cm³/mol. The third-order valence-electron chi connectivity index (χ3n) is 4.25. The lowest BCUT2D eigenvalue weighted by Crippen LogP contribution is -2.11. The van der Waals surface area contributed by atoms with Gasteiger partial charge in [0.2, 0.25) is 0 Å². The Labute approximate surface area is 193 Å². The third kappa shape index (κ3) is 4.71. The van der Waals surface area contributed by atoms with Crippen LogP contribution in [0.5, 0.6) is 5.75 Å². The second-order valence-corrected chi connectivity index (χ2v) is 10.0. The fourth-order valence-electron chi connectivity index (χ4n) is 2.81. The van der Waals surface area contributed by atoms with Crippen LogP contribution in [0, 0.1) is 5.41 Å². The number of benzene rings is 2. The van der Waals surface area contributed by atoms with Crippen LogP contribution in [0.1, 0.15) is 22.1 Å². The summed E-state index contributed by atoms with van der Waals surface area (Å²) in [5.74, 6) is 0.0960. The number of aromatic nitrogens is 1. The summed E-state index contributed by atoms with van der Waals surface area (Å²) >= 11 is 9.58. The number of thioether (sulfide) groups is 1. The smallest absolute Gasteiger partial charge is 0.186 e. The first-order valence-corrected chi connectivity index (χ1v) is 11.9. The number of ketones is 1. The number of hydrogen-bond donors (Lipinski definition) is 1. The molecule has 0 spiro atoms. The highest BCUT2D eigenvalue weighted by atomic mass is 79.9. The molecule has 1 aliphatic heterocycles. The molecule has 3 aromatic rings. The Morgan fingerprint density at radius 1 is 1.17 bits per heavy atom. The van der Waals surface area contributed by atoms with E-state index in [4.69, 9.17) is 10.1 Å². The van der Waals surface area contributed by atoms with E-state index in [0.717, 1.165) is 25.8 Å². The Morgan fingerprint density at radius 2 is 1.97 bits per heavy atom. The summed E-state index contributed by atoms with van der Waals surface area (Å²) in [6.45, 7) is 0.466. The summed E-state index contributed by atoms with van der Waals surface area (Å²) in [7, 11) is 0. The van der Waals surface area contributed by atoms with Gasteiger partial charge in [-0.05, 0) is 57.4 Å². The Morgan fingerprint density at radius 3 is 2.66 bits per heavy atom. The second-order valence-electron chi connectivity index (χ2n) is 6.25. The molecule has 1 fully saturated rings. The number of thiazole rings is 1. The maximum atomic E-state index is 12.8. The van der Waals surface area contributed by atoms with Gasteiger partial charge in [-0.15, -0.1) is 11.3 Å². The number of carbonyl (C=O) groups excluding carboxylic acids is 1. The minimum absolute atomic E-state index is 0.0679. The number of hydrogen-bond acceptors (Lipinski definition) is 6. The standard InChI is InChI=1S/C21H14Br2N2O2S2/c22-14-4-1-12(2-5-14)11-27-16-6-3-13(9-15(16)23)10-17-19(26)18(20(24)29-17)21-25-7-8-28-21/h1-10,18,24H,11H2/b17-10-,24-20?/t18-/m0/s1. The SMILES string of the molecule is N=C1S/C(=C\c2ccc(OCc3ccc(Br)cc3)c(Br)c2)C(=O)[C@@H]1c1nccs1. The molecule has 0 bridgehead atoms. The topological polar surface area (TPSA) is 63.0 Å². The molecular weight excluding hydrogens is 536 g/mol. The maximum Gasteiger partial charge on any atom is 0.186 e. The zero-order valence-electron chi connectivity index (χ0n) is 14.9. The highest BCUT2D eigenvalue weighted by molar-refractivity contribution is 9.10. The van der Waals surface area contributed by atoms with E-state index in [9.17, 15) is 4.79 Å². The average Bonchev–Trinajstić information content (AvgIpc) is 3.31. The molecule has 0 radical (unpaired) electrons. The molecule has 1 aliphatic rings. The monoisotopic (exact) mass is 548 g/mol. The van der Waals surface area contributed by atoms with Crippen LogP contribution >= 0.6 is 55.0 Å². The van der Waals surface area contributed by atoms with Crippen molar-refractivity contribution in [3.05, 3.63) is 84.0 Å². The van der Waals surface area contributed by atoms with Crippen LogP contribution < -0.4 is 4.74 Å². The molecule has 8 heteroatoms. The van der Waals surface area contributed by atoms with Crippen LogP contribution in [0.15, 0.2) is 67.9 Å². The minimum Gasteiger partial charge on any atom is -0.488 e. The third-order valence-corrected chi connectivity index (χ3v) is 7.23. The van der Waals surface area contributed by atoms with Crippen LogP contribution in [0.2, 0.25) is 0 Å². The van der Waals surface area contributed by atoms with E-state index in [2.05, 4.69) is 36.8 Å². The van der Waals surface area contributed by atoms with Gasteiger partial charge in [-0.1, -0.05) is 45.9 Å². The maximum absolute atomic E-state index is 12.8. The lowest BCUT2D eigenvalue weighted by atomic mass is 10.1. The zero-order valence-corrected chi connectivity index (χ0v) is 19.7. The molecule has 0 saturated carbocycles. The summed E-state index contributed by atoms with van der Waals surface area (Å²) in [4.78, 5) is 17.5. The molecule has 2 aromatic carbocycles. The van der Waals surface area contributed by atoms with Crippen molar-refractivity contribution < 1.29 is 9.53 Å². The lowest BCUT2D eigenvalue weighted by molar-refractivity contribution is -0.114. The highest BCUT2D eigenvalue weighted by Crippen LogP contribution is 2.41. The van der Waals surface area contributed by atoms with Gasteiger partial charge in [-0.2, -0.15) is 0 Å². The van der Waals surface area contributed by atoms with E-state index in [1.54, 1.807) is 6.20 Å². The molecule has 29 heavy (non-hydrogen) atoms. The fourth-order valence-corrected chi connectivity index (χ4v) is 5.39. The Bertz CT molecular complexity index is 1100. The van der Waals surface area contributed by atoms with Crippen molar-refractivity contribution in [1.82, 2.24) is 4.98 Å². The minimum atomic E-state index is -0.566. The summed E-state index contributed by atoms with van der Waals surface area (Å²) in [6.07, 6.45) is 3.48. The van der Waals surface area contributed by atoms with Crippen molar-refractivity contribution in [2.45, 2.75) is 12.5 Å². The summed E-state index contributed by atoms with van der Waals surface area (Å²) < 4.78 is 7.74. The molecule has 2 heterocycles. The average molecular weight is 550 g/mol. The van der Waals surface area contributed by atoms with Crippen LogP contribution in [-0.2, 0) is 11.4 Å². The molecule has 1 aromatic heterocycles. The molecule has 0 unspecified atom stereocenters. The van der Waals surface area contributed by atoms with Crippen molar-refractivity contribution in [2.75, 3.05) is 0 Å². The van der Waals surface area contributed by atoms with Crippen molar-refractivity contribution in [2.24, 2.45) is 0 Å². The number of Topliss-reactive ketones (excluding diaryl/α,β-unsaturated/α-hetero) is 1. The number of carbonyl (C=O) groups is 1. The van der Waals surface area contributed by atoms with Gasteiger partial charge < -0.3 is 4.74 Å². The van der Waals surface area contributed by atoms with E-state index in [-0.39, 0.29) is 5.78 Å². The first-order valence-electron chi connectivity index (χ1n) is 8.59. The van der Waals surface area contributed by atoms with Crippen LogP contribution in [0.4, 0.5) is 0 Å². The second kappa shape index (κ2) is 8.95. The zero-order chi connectivity index (χ0) is 20.4. The fraction of sp³-hybridized carbons (Fsp3) is 0.0952. The van der Waals surface area contributed by atoms with Gasteiger partial charge in [0.1, 0.15) is 23.3 Å². The normalized spacial score (nSPS) is 17.9. The summed E-state index contributed by atoms with van der Waals surface area (Å²) in [6, 6.07) is 13.7. The molecule has 4 nitrogen and oxygen atoms in total. The van der Waals surface area contributed by atoms with E-state index in [1.807, 2.05) is 53.9 Å². The molecule has 1 N–H and O–H groups in total. The Hall–Kier alpha value is -1.74. The van der Waals surface area contributed by atoms with Gasteiger partial charge in [0.25, 0.3) is 0 Å². The van der Waals surface area contributed by atoms with E-state index >= 15 is 0 Å². The predicted octanol–water partition coefficient (Wildman–Crippen LogP) is 6.66. The quantitative estimate of drug-likeness (QED) is 0.361. The van der Waals surface area contributed by atoms with E-state index < -0.39 is 5.92 Å². The largest absolute Gasteiger partial charge is 0.488 e. The van der Waals surface area contributed by atoms with Crippen LogP contribution in [-0.4, -0.2) is 15.8 Å². The van der Waals surface area contributed by atoms with Crippen LogP contribution in [0.25, 0.3) is 6.08 Å². The summed E-state index contributed by atoms with van der Waals surface area (Å²) in [5, 5.41) is 11.0. The van der Waals surface area contributed by atoms with Gasteiger partial charge in [0, 0.05) is 16.0 Å². The van der Waals surface area contributed by atoms with Crippen molar-refractivity contribution in [3.63, 3.8) is 0 Å². The lowest BCUT2D eigenvalue weighted by Gasteiger charge is -2.09. The first-order chi connectivity index (χ1) is 14.0. The molecule has 1 atom stereocenters. The van der Waals surface area contributed by atoms with Crippen molar-refractivity contribution in [3.8, 4) is 5.75 Å². The Kier molecular flexibility index (Phi) is 6.34. The number of nitrogens with zero attached hydrogens (tertiary/aromatic N) is 1. The van der Waals surface area contributed by atoms with Gasteiger partial charge in [-0.25, -0.2) is 4.98 Å². The van der Waals surface area contributed by atoms with Crippen LogP contribution in [0.3, 0.4) is 0 Å². The van der Waals surface area contributed by atoms with Crippen molar-refractivity contribution >= 4 is 71.9 Å². The number of allylic oxidation sites excluding steroid dienone is 1. The highest BCUT2D eigenvalue weighted by Gasteiger charge is 2.38.